The number of aromatic nitrogens is 2. The molecule has 2 aromatic rings. The molecule has 1 aliphatic carbocycles. The zero-order chi connectivity index (χ0) is 21.4. The van der Waals surface area contributed by atoms with Gasteiger partial charge in [-0.1, -0.05) is 38.3 Å². The zero-order valence-electron chi connectivity index (χ0n) is 17.5. The summed E-state index contributed by atoms with van der Waals surface area (Å²) in [6, 6.07) is 9.29. The number of benzene rings is 1. The summed E-state index contributed by atoms with van der Waals surface area (Å²) in [6.45, 7) is 3.82. The minimum Gasteiger partial charge on any atom is -0.489 e. The van der Waals surface area contributed by atoms with Crippen LogP contribution < -0.4 is 15.0 Å². The number of sulfone groups is 1. The van der Waals surface area contributed by atoms with E-state index in [1.54, 1.807) is 6.92 Å². The smallest absolute Gasteiger partial charge is 0.301 e. The second-order valence-corrected chi connectivity index (χ2v) is 10.7. The van der Waals surface area contributed by atoms with Crippen LogP contribution in [0.1, 0.15) is 57.4 Å². The second-order valence-electron chi connectivity index (χ2n) is 8.45. The van der Waals surface area contributed by atoms with E-state index >= 15 is 0 Å². The lowest BCUT2D eigenvalue weighted by Gasteiger charge is -2.24. The van der Waals surface area contributed by atoms with Crippen molar-refractivity contribution in [3.8, 4) is 11.8 Å². The summed E-state index contributed by atoms with van der Waals surface area (Å²) in [7, 11) is -3.58. The molecule has 4 rings (SSSR count). The lowest BCUT2D eigenvalue weighted by Crippen LogP contribution is -2.38. The molecule has 1 aromatic heterocycles. The maximum absolute atomic E-state index is 12.4. The normalized spacial score (nSPS) is 21.8. The quantitative estimate of drug-likeness (QED) is 0.651. The highest BCUT2D eigenvalue weighted by molar-refractivity contribution is 7.91. The van der Waals surface area contributed by atoms with Gasteiger partial charge in [0.05, 0.1) is 12.3 Å². The van der Waals surface area contributed by atoms with Crippen LogP contribution in [0.15, 0.2) is 40.2 Å². The molecule has 0 bridgehead atoms. The average molecular weight is 433 g/mol. The summed E-state index contributed by atoms with van der Waals surface area (Å²) in [5.41, 5.74) is -0.0971. The Kier molecular flexibility index (Phi) is 5.61. The largest absolute Gasteiger partial charge is 0.489 e. The number of hydrogen-bond acceptors (Lipinski definition) is 6. The van der Waals surface area contributed by atoms with Crippen molar-refractivity contribution in [1.29, 1.82) is 0 Å². The fraction of sp³-hybridized carbons (Fsp3) is 0.545. The third kappa shape index (κ3) is 4.24. The van der Waals surface area contributed by atoms with Crippen LogP contribution in [0.4, 0.5) is 0 Å². The number of ether oxygens (including phenoxy) is 2. The molecule has 1 fully saturated rings. The number of hydrogen-bond donors (Lipinski definition) is 0. The number of rotatable bonds is 6. The third-order valence-electron chi connectivity index (χ3n) is 5.98. The summed E-state index contributed by atoms with van der Waals surface area (Å²) < 4.78 is 38.1. The first-order chi connectivity index (χ1) is 14.3. The molecule has 0 saturated heterocycles. The van der Waals surface area contributed by atoms with Crippen molar-refractivity contribution in [3.05, 3.63) is 46.2 Å². The summed E-state index contributed by atoms with van der Waals surface area (Å²) in [5, 5.41) is -0.0550. The molecule has 1 aliphatic heterocycles. The van der Waals surface area contributed by atoms with Gasteiger partial charge in [-0.3, -0.25) is 9.36 Å². The van der Waals surface area contributed by atoms with Gasteiger partial charge in [-0.25, -0.2) is 8.42 Å². The second kappa shape index (κ2) is 8.06. The maximum atomic E-state index is 12.4. The van der Waals surface area contributed by atoms with E-state index in [0.717, 1.165) is 11.8 Å². The van der Waals surface area contributed by atoms with Crippen LogP contribution in [-0.4, -0.2) is 35.9 Å². The van der Waals surface area contributed by atoms with Gasteiger partial charge in [0.25, 0.3) is 5.56 Å². The monoisotopic (exact) mass is 432 g/mol. The Bertz CT molecular complexity index is 1070. The van der Waals surface area contributed by atoms with E-state index in [9.17, 15) is 13.2 Å². The first kappa shape index (κ1) is 20.9. The fourth-order valence-electron chi connectivity index (χ4n) is 4.26. The molecule has 1 unspecified atom stereocenters. The molecular formula is C22H28N2O5S. The van der Waals surface area contributed by atoms with Crippen LogP contribution in [0.2, 0.25) is 0 Å². The molecule has 0 N–H and O–H groups in total. The lowest BCUT2D eigenvalue weighted by molar-refractivity contribution is 0.0507. The Hall–Kier alpha value is -2.35. The highest BCUT2D eigenvalue weighted by atomic mass is 32.2. The van der Waals surface area contributed by atoms with Gasteiger partial charge in [0.2, 0.25) is 0 Å². The van der Waals surface area contributed by atoms with E-state index in [1.807, 2.05) is 19.1 Å². The predicted molar refractivity (Wildman–Crippen MR) is 113 cm³/mol. The van der Waals surface area contributed by atoms with Gasteiger partial charge < -0.3 is 9.47 Å². The molecule has 30 heavy (non-hydrogen) atoms. The molecule has 0 spiro atoms. The van der Waals surface area contributed by atoms with Crippen molar-refractivity contribution < 1.29 is 17.9 Å². The van der Waals surface area contributed by atoms with Crippen LogP contribution in [0.5, 0.6) is 11.8 Å². The predicted octanol–water partition coefficient (Wildman–Crippen LogP) is 3.31. The van der Waals surface area contributed by atoms with Crippen molar-refractivity contribution in [1.82, 2.24) is 9.55 Å². The van der Waals surface area contributed by atoms with Gasteiger partial charge >= 0.3 is 6.01 Å². The molecule has 2 heterocycles. The van der Waals surface area contributed by atoms with Gasteiger partial charge in [-0.15, -0.1) is 0 Å². The molecule has 1 saturated carbocycles. The Morgan fingerprint density at radius 3 is 2.57 bits per heavy atom. The van der Waals surface area contributed by atoms with Gasteiger partial charge in [0.15, 0.2) is 15.4 Å². The van der Waals surface area contributed by atoms with E-state index in [2.05, 4.69) is 17.1 Å². The van der Waals surface area contributed by atoms with Crippen molar-refractivity contribution in [2.75, 3.05) is 12.4 Å². The Morgan fingerprint density at radius 2 is 1.90 bits per heavy atom. The van der Waals surface area contributed by atoms with Crippen molar-refractivity contribution in [2.45, 2.75) is 69.0 Å². The summed E-state index contributed by atoms with van der Waals surface area (Å²) in [5.74, 6) is 1.27. The van der Waals surface area contributed by atoms with E-state index in [4.69, 9.17) is 9.47 Å². The van der Waals surface area contributed by atoms with Crippen LogP contribution in [0.25, 0.3) is 0 Å². The van der Waals surface area contributed by atoms with Crippen molar-refractivity contribution >= 4 is 9.84 Å². The number of nitrogens with zero attached hydrogens (tertiary/aromatic N) is 2. The van der Waals surface area contributed by atoms with E-state index in [-0.39, 0.29) is 29.9 Å². The van der Waals surface area contributed by atoms with E-state index in [1.165, 1.54) is 42.2 Å². The Balaban J connectivity index is 1.46. The molecule has 2 aliphatic rings. The standard InChI is InChI=1S/C22H28N2O5S/c1-3-30(26,27)20-13-19(25)23-21-24(20)14-22(2,29-21)15-28-18-11-9-17(10-12-18)16-7-5-4-6-8-16/h9-13,16H,3-8,14-15H2,1-2H3. The molecule has 1 aromatic carbocycles. The molecule has 0 radical (unpaired) electrons. The molecule has 1 atom stereocenters. The molecule has 0 amide bonds. The lowest BCUT2D eigenvalue weighted by atomic mass is 9.84. The fourth-order valence-corrected chi connectivity index (χ4v) is 5.32. The van der Waals surface area contributed by atoms with Crippen LogP contribution in [0, 0.1) is 0 Å². The highest BCUT2D eigenvalue weighted by Crippen LogP contribution is 2.34. The van der Waals surface area contributed by atoms with Crippen molar-refractivity contribution in [3.63, 3.8) is 0 Å². The van der Waals surface area contributed by atoms with Gasteiger partial charge in [-0.2, -0.15) is 4.98 Å². The van der Waals surface area contributed by atoms with E-state index in [0.29, 0.717) is 5.92 Å². The van der Waals surface area contributed by atoms with Gasteiger partial charge in [0.1, 0.15) is 17.4 Å². The summed E-state index contributed by atoms with van der Waals surface area (Å²) in [4.78, 5) is 15.7. The topological polar surface area (TPSA) is 87.5 Å². The van der Waals surface area contributed by atoms with Crippen LogP contribution in [-0.2, 0) is 16.4 Å². The molecular weight excluding hydrogens is 404 g/mol. The zero-order valence-corrected chi connectivity index (χ0v) is 18.3. The Labute approximate surface area is 177 Å². The average Bonchev–Trinajstić information content (AvgIpc) is 3.09. The minimum absolute atomic E-state index is 0.0215. The van der Waals surface area contributed by atoms with Crippen molar-refractivity contribution in [2.24, 2.45) is 0 Å². The van der Waals surface area contributed by atoms with E-state index < -0.39 is 21.0 Å². The molecule has 162 valence electrons. The highest BCUT2D eigenvalue weighted by Gasteiger charge is 2.39. The molecule has 7 nitrogen and oxygen atoms in total. The third-order valence-corrected chi connectivity index (χ3v) is 7.72. The maximum Gasteiger partial charge on any atom is 0.301 e. The van der Waals surface area contributed by atoms with Crippen LogP contribution >= 0.6 is 0 Å². The molecule has 8 heteroatoms. The summed E-state index contributed by atoms with van der Waals surface area (Å²) in [6.07, 6.45) is 6.43. The van der Waals surface area contributed by atoms with Crippen LogP contribution in [0.3, 0.4) is 0 Å². The number of fused-ring (bicyclic) bond motifs is 1. The SMILES string of the molecule is CCS(=O)(=O)c1cc(=O)nc2n1CC(C)(COc1ccc(C3CCCCC3)cc1)O2. The van der Waals surface area contributed by atoms with Gasteiger partial charge in [-0.05, 0) is 43.4 Å². The minimum atomic E-state index is -3.58. The first-order valence-corrected chi connectivity index (χ1v) is 12.2. The first-order valence-electron chi connectivity index (χ1n) is 10.6. The van der Waals surface area contributed by atoms with Gasteiger partial charge in [0, 0.05) is 6.07 Å². The Morgan fingerprint density at radius 1 is 1.20 bits per heavy atom. The summed E-state index contributed by atoms with van der Waals surface area (Å²) >= 11 is 0.